The molecule has 1 N–H and O–H groups in total. The number of aliphatic carboxylic acids is 1. The molecule has 0 aromatic heterocycles. The van der Waals surface area contributed by atoms with Crippen LogP contribution in [0.15, 0.2) is 0 Å². The second-order valence-electron chi connectivity index (χ2n) is 3.86. The average molecular weight is 244 g/mol. The molecule has 0 aliphatic rings. The SMILES string of the molecule is CCCC(=O)CCOC(=O)CCCCC(=O)O. The van der Waals surface area contributed by atoms with E-state index in [4.69, 9.17) is 9.84 Å². The zero-order valence-electron chi connectivity index (χ0n) is 10.2. The summed E-state index contributed by atoms with van der Waals surface area (Å²) in [5, 5.41) is 8.38. The third-order valence-electron chi connectivity index (χ3n) is 2.19. The zero-order chi connectivity index (χ0) is 13.1. The molecule has 0 aromatic rings. The van der Waals surface area contributed by atoms with E-state index in [9.17, 15) is 14.4 Å². The van der Waals surface area contributed by atoms with E-state index in [-0.39, 0.29) is 37.6 Å². The second-order valence-corrected chi connectivity index (χ2v) is 3.86. The predicted octanol–water partition coefficient (Wildman–Crippen LogP) is 1.93. The molecule has 0 rings (SSSR count). The van der Waals surface area contributed by atoms with Gasteiger partial charge in [0.05, 0.1) is 6.61 Å². The van der Waals surface area contributed by atoms with Gasteiger partial charge in [-0.05, 0) is 19.3 Å². The molecule has 0 saturated carbocycles. The quantitative estimate of drug-likeness (QED) is 0.469. The molecule has 5 heteroatoms. The molecule has 0 aliphatic heterocycles. The topological polar surface area (TPSA) is 80.7 Å². The van der Waals surface area contributed by atoms with Gasteiger partial charge in [0.25, 0.3) is 0 Å². The van der Waals surface area contributed by atoms with Gasteiger partial charge in [-0.1, -0.05) is 6.92 Å². The maximum atomic E-state index is 11.1. The fraction of sp³-hybridized carbons (Fsp3) is 0.750. The molecule has 0 fully saturated rings. The highest BCUT2D eigenvalue weighted by atomic mass is 16.5. The maximum absolute atomic E-state index is 11.1. The lowest BCUT2D eigenvalue weighted by molar-refractivity contribution is -0.145. The normalized spacial score (nSPS) is 9.94. The minimum absolute atomic E-state index is 0.0717. The van der Waals surface area contributed by atoms with E-state index in [2.05, 4.69) is 0 Å². The van der Waals surface area contributed by atoms with Crippen molar-refractivity contribution in [2.24, 2.45) is 0 Å². The van der Waals surface area contributed by atoms with Crippen LogP contribution in [0.4, 0.5) is 0 Å². The van der Waals surface area contributed by atoms with Crippen LogP contribution < -0.4 is 0 Å². The van der Waals surface area contributed by atoms with Crippen LogP contribution in [-0.4, -0.2) is 29.4 Å². The van der Waals surface area contributed by atoms with Crippen LogP contribution in [0, 0.1) is 0 Å². The Morgan fingerprint density at radius 1 is 1.00 bits per heavy atom. The van der Waals surface area contributed by atoms with Crippen LogP contribution in [0.5, 0.6) is 0 Å². The van der Waals surface area contributed by atoms with Gasteiger partial charge in [-0.3, -0.25) is 14.4 Å². The number of ketones is 1. The Labute approximate surface area is 101 Å². The van der Waals surface area contributed by atoms with Crippen molar-refractivity contribution in [1.82, 2.24) is 0 Å². The van der Waals surface area contributed by atoms with Gasteiger partial charge in [-0.25, -0.2) is 0 Å². The molecule has 0 bridgehead atoms. The number of hydrogen-bond acceptors (Lipinski definition) is 4. The van der Waals surface area contributed by atoms with Gasteiger partial charge in [-0.2, -0.15) is 0 Å². The number of hydrogen-bond donors (Lipinski definition) is 1. The molecule has 98 valence electrons. The number of carboxylic acid groups (broad SMARTS) is 1. The summed E-state index contributed by atoms with van der Waals surface area (Å²) in [7, 11) is 0. The third kappa shape index (κ3) is 10.9. The van der Waals surface area contributed by atoms with Crippen molar-refractivity contribution >= 4 is 17.7 Å². The summed E-state index contributed by atoms with van der Waals surface area (Å²) in [5.74, 6) is -1.12. The van der Waals surface area contributed by atoms with Gasteiger partial charge in [0.15, 0.2) is 0 Å². The lowest BCUT2D eigenvalue weighted by Gasteiger charge is -2.03. The molecule has 0 aliphatic carbocycles. The Morgan fingerprint density at radius 2 is 1.65 bits per heavy atom. The smallest absolute Gasteiger partial charge is 0.305 e. The first-order valence-electron chi connectivity index (χ1n) is 5.95. The average Bonchev–Trinajstić information content (AvgIpc) is 2.24. The van der Waals surface area contributed by atoms with E-state index in [0.717, 1.165) is 6.42 Å². The molecule has 0 amide bonds. The number of carboxylic acids is 1. The van der Waals surface area contributed by atoms with Crippen LogP contribution in [0.3, 0.4) is 0 Å². The first-order chi connectivity index (χ1) is 8.06. The minimum Gasteiger partial charge on any atom is -0.481 e. The lowest BCUT2D eigenvalue weighted by Crippen LogP contribution is -2.09. The van der Waals surface area contributed by atoms with Crippen LogP contribution in [0.2, 0.25) is 0 Å². The Bertz CT molecular complexity index is 260. The zero-order valence-corrected chi connectivity index (χ0v) is 10.2. The maximum Gasteiger partial charge on any atom is 0.305 e. The van der Waals surface area contributed by atoms with Gasteiger partial charge in [0.1, 0.15) is 5.78 Å². The monoisotopic (exact) mass is 244 g/mol. The van der Waals surface area contributed by atoms with Gasteiger partial charge < -0.3 is 9.84 Å². The number of ether oxygens (including phenoxy) is 1. The minimum atomic E-state index is -0.858. The largest absolute Gasteiger partial charge is 0.481 e. The van der Waals surface area contributed by atoms with Crippen molar-refractivity contribution in [2.75, 3.05) is 6.61 Å². The summed E-state index contributed by atoms with van der Waals surface area (Å²) in [6, 6.07) is 0. The Kier molecular flexibility index (Phi) is 9.01. The summed E-state index contributed by atoms with van der Waals surface area (Å²) in [6.45, 7) is 2.06. The van der Waals surface area contributed by atoms with E-state index >= 15 is 0 Å². The summed E-state index contributed by atoms with van der Waals surface area (Å²) in [4.78, 5) is 32.4. The van der Waals surface area contributed by atoms with Crippen LogP contribution in [-0.2, 0) is 19.1 Å². The molecule has 17 heavy (non-hydrogen) atoms. The first-order valence-corrected chi connectivity index (χ1v) is 5.95. The number of carbonyl (C=O) groups is 3. The molecule has 0 unspecified atom stereocenters. The van der Waals surface area contributed by atoms with Crippen LogP contribution >= 0.6 is 0 Å². The molecule has 0 radical (unpaired) electrons. The molecule has 0 spiro atoms. The van der Waals surface area contributed by atoms with Crippen molar-refractivity contribution in [3.63, 3.8) is 0 Å². The fourth-order valence-corrected chi connectivity index (χ4v) is 1.30. The summed E-state index contributed by atoms with van der Waals surface area (Å²) < 4.78 is 4.86. The summed E-state index contributed by atoms with van der Waals surface area (Å²) in [5.41, 5.74) is 0. The molecule has 0 saturated heterocycles. The van der Waals surface area contributed by atoms with Crippen molar-refractivity contribution in [2.45, 2.75) is 51.9 Å². The van der Waals surface area contributed by atoms with E-state index < -0.39 is 5.97 Å². The van der Waals surface area contributed by atoms with E-state index in [0.29, 0.717) is 19.3 Å². The van der Waals surface area contributed by atoms with Gasteiger partial charge >= 0.3 is 11.9 Å². The number of Topliss-reactive ketones (excluding diaryl/α,β-unsaturated/α-hetero) is 1. The highest BCUT2D eigenvalue weighted by molar-refractivity contribution is 5.78. The Morgan fingerprint density at radius 3 is 2.24 bits per heavy atom. The third-order valence-corrected chi connectivity index (χ3v) is 2.19. The summed E-state index contributed by atoms with van der Waals surface area (Å²) in [6.07, 6.45) is 2.87. The van der Waals surface area contributed by atoms with Gasteiger partial charge in [-0.15, -0.1) is 0 Å². The van der Waals surface area contributed by atoms with Crippen molar-refractivity contribution in [3.05, 3.63) is 0 Å². The van der Waals surface area contributed by atoms with E-state index in [1.165, 1.54) is 0 Å². The van der Waals surface area contributed by atoms with Crippen molar-refractivity contribution in [3.8, 4) is 0 Å². The fourth-order valence-electron chi connectivity index (χ4n) is 1.30. The number of rotatable bonds is 10. The molecular formula is C12H20O5. The standard InChI is InChI=1S/C12H20O5/c1-2-5-10(13)8-9-17-12(16)7-4-3-6-11(14)15/h2-9H2,1H3,(H,14,15). The molecule has 0 atom stereocenters. The van der Waals surface area contributed by atoms with Gasteiger partial charge in [0, 0.05) is 25.7 Å². The number of unbranched alkanes of at least 4 members (excludes halogenated alkanes) is 1. The highest BCUT2D eigenvalue weighted by Crippen LogP contribution is 2.02. The van der Waals surface area contributed by atoms with Crippen LogP contribution in [0.25, 0.3) is 0 Å². The summed E-state index contributed by atoms with van der Waals surface area (Å²) >= 11 is 0. The van der Waals surface area contributed by atoms with Crippen molar-refractivity contribution in [1.29, 1.82) is 0 Å². The van der Waals surface area contributed by atoms with E-state index in [1.54, 1.807) is 0 Å². The predicted molar refractivity (Wildman–Crippen MR) is 61.6 cm³/mol. The molecule has 5 nitrogen and oxygen atoms in total. The van der Waals surface area contributed by atoms with Crippen LogP contribution in [0.1, 0.15) is 51.9 Å². The second kappa shape index (κ2) is 9.81. The molecule has 0 heterocycles. The van der Waals surface area contributed by atoms with Gasteiger partial charge in [0.2, 0.25) is 0 Å². The Hall–Kier alpha value is -1.39. The van der Waals surface area contributed by atoms with Crippen molar-refractivity contribution < 1.29 is 24.2 Å². The number of esters is 1. The highest BCUT2D eigenvalue weighted by Gasteiger charge is 2.06. The van der Waals surface area contributed by atoms with E-state index in [1.807, 2.05) is 6.92 Å². The Balaban J connectivity index is 3.40. The molecule has 0 aromatic carbocycles. The lowest BCUT2D eigenvalue weighted by atomic mass is 10.2. The molecular weight excluding hydrogens is 224 g/mol. The first kappa shape index (κ1) is 15.6. The number of carbonyl (C=O) groups excluding carboxylic acids is 2.